The van der Waals surface area contributed by atoms with Gasteiger partial charge in [0.2, 0.25) is 0 Å². The fraction of sp³-hybridized carbons (Fsp3) is 0.167. The predicted octanol–water partition coefficient (Wildman–Crippen LogP) is 3.28. The van der Waals surface area contributed by atoms with Crippen LogP contribution in [0.25, 0.3) is 10.9 Å². The summed E-state index contributed by atoms with van der Waals surface area (Å²) in [5, 5.41) is 12.8. The maximum Gasteiger partial charge on any atom is 0.125 e. The van der Waals surface area contributed by atoms with Crippen LogP contribution in [0, 0.1) is 20.7 Å². The summed E-state index contributed by atoms with van der Waals surface area (Å²) in [6.07, 6.45) is 1.51. The monoisotopic (exact) mass is 341 g/mol. The van der Waals surface area contributed by atoms with Crippen LogP contribution >= 0.6 is 22.6 Å². The SMILES string of the molecule is CCNc1c(C#N)cnc2c(I)cc(F)cc12. The van der Waals surface area contributed by atoms with Gasteiger partial charge in [-0.2, -0.15) is 5.26 Å². The molecule has 1 N–H and O–H groups in total. The summed E-state index contributed by atoms with van der Waals surface area (Å²) < 4.78 is 14.1. The quantitative estimate of drug-likeness (QED) is 0.853. The van der Waals surface area contributed by atoms with E-state index in [9.17, 15) is 4.39 Å². The minimum atomic E-state index is -0.321. The Hall–Kier alpha value is -1.42. The highest BCUT2D eigenvalue weighted by Crippen LogP contribution is 2.29. The Labute approximate surface area is 112 Å². The Morgan fingerprint density at radius 2 is 2.29 bits per heavy atom. The molecule has 1 heterocycles. The number of nitrogens with one attached hydrogen (secondary N) is 1. The Bertz CT molecular complexity index is 619. The van der Waals surface area contributed by atoms with Crippen molar-refractivity contribution in [2.24, 2.45) is 0 Å². The molecule has 0 aliphatic heterocycles. The molecule has 2 rings (SSSR count). The number of hydrogen-bond acceptors (Lipinski definition) is 3. The normalized spacial score (nSPS) is 10.2. The summed E-state index contributed by atoms with van der Waals surface area (Å²) in [5.41, 5.74) is 1.79. The highest BCUT2D eigenvalue weighted by atomic mass is 127. The van der Waals surface area contributed by atoms with Crippen molar-refractivity contribution >= 4 is 39.2 Å². The Kier molecular flexibility index (Phi) is 3.43. The van der Waals surface area contributed by atoms with Gasteiger partial charge in [-0.25, -0.2) is 4.39 Å². The molecular formula is C12H9FIN3. The van der Waals surface area contributed by atoms with E-state index in [0.717, 1.165) is 3.57 Å². The van der Waals surface area contributed by atoms with Crippen molar-refractivity contribution in [3.05, 3.63) is 33.3 Å². The summed E-state index contributed by atoms with van der Waals surface area (Å²) >= 11 is 2.04. The Morgan fingerprint density at radius 3 is 2.94 bits per heavy atom. The topological polar surface area (TPSA) is 48.7 Å². The number of aromatic nitrogens is 1. The first-order valence-electron chi connectivity index (χ1n) is 5.09. The smallest absolute Gasteiger partial charge is 0.125 e. The molecule has 0 amide bonds. The van der Waals surface area contributed by atoms with Gasteiger partial charge in [0.05, 0.1) is 16.8 Å². The molecule has 0 aliphatic carbocycles. The first-order chi connectivity index (χ1) is 8.17. The van der Waals surface area contributed by atoms with Crippen molar-refractivity contribution in [3.63, 3.8) is 0 Å². The van der Waals surface area contributed by atoms with Gasteiger partial charge < -0.3 is 5.32 Å². The average molecular weight is 341 g/mol. The predicted molar refractivity (Wildman–Crippen MR) is 73.3 cm³/mol. The highest BCUT2D eigenvalue weighted by molar-refractivity contribution is 14.1. The molecule has 17 heavy (non-hydrogen) atoms. The van der Waals surface area contributed by atoms with E-state index < -0.39 is 0 Å². The van der Waals surface area contributed by atoms with Crippen LogP contribution in [0.5, 0.6) is 0 Å². The molecule has 2 aromatic rings. The lowest BCUT2D eigenvalue weighted by Gasteiger charge is -2.10. The number of anilines is 1. The van der Waals surface area contributed by atoms with Crippen LogP contribution in [0.4, 0.5) is 10.1 Å². The van der Waals surface area contributed by atoms with E-state index >= 15 is 0 Å². The van der Waals surface area contributed by atoms with Crippen molar-refractivity contribution < 1.29 is 4.39 Å². The zero-order valence-corrected chi connectivity index (χ0v) is 11.2. The number of hydrogen-bond donors (Lipinski definition) is 1. The third kappa shape index (κ3) is 2.17. The minimum Gasteiger partial charge on any atom is -0.384 e. The largest absolute Gasteiger partial charge is 0.384 e. The van der Waals surface area contributed by atoms with E-state index in [1.807, 2.05) is 29.5 Å². The number of benzene rings is 1. The van der Waals surface area contributed by atoms with E-state index in [4.69, 9.17) is 5.26 Å². The lowest BCUT2D eigenvalue weighted by Crippen LogP contribution is -2.02. The van der Waals surface area contributed by atoms with E-state index in [1.54, 1.807) is 0 Å². The van der Waals surface area contributed by atoms with Gasteiger partial charge in [0.25, 0.3) is 0 Å². The molecule has 0 unspecified atom stereocenters. The summed E-state index contributed by atoms with van der Waals surface area (Å²) in [4.78, 5) is 4.20. The molecule has 1 aromatic heterocycles. The van der Waals surface area contributed by atoms with Gasteiger partial charge in [-0.1, -0.05) is 0 Å². The molecule has 0 atom stereocenters. The lowest BCUT2D eigenvalue weighted by atomic mass is 10.1. The zero-order chi connectivity index (χ0) is 12.4. The summed E-state index contributed by atoms with van der Waals surface area (Å²) in [6, 6.07) is 4.90. The van der Waals surface area contributed by atoms with E-state index in [-0.39, 0.29) is 5.82 Å². The first-order valence-corrected chi connectivity index (χ1v) is 6.17. The number of rotatable bonds is 2. The maximum atomic E-state index is 13.4. The second-order valence-corrected chi connectivity index (χ2v) is 4.63. The molecule has 0 aliphatic rings. The summed E-state index contributed by atoms with van der Waals surface area (Å²) in [7, 11) is 0. The van der Waals surface area contributed by atoms with Gasteiger partial charge in [-0.05, 0) is 41.6 Å². The number of nitriles is 1. The fourth-order valence-electron chi connectivity index (χ4n) is 1.68. The Balaban J connectivity index is 2.84. The van der Waals surface area contributed by atoms with E-state index in [0.29, 0.717) is 28.7 Å². The lowest BCUT2D eigenvalue weighted by molar-refractivity contribution is 0.629. The van der Waals surface area contributed by atoms with Crippen molar-refractivity contribution in [2.45, 2.75) is 6.92 Å². The van der Waals surface area contributed by atoms with E-state index in [1.165, 1.54) is 18.3 Å². The fourth-order valence-corrected chi connectivity index (χ4v) is 2.41. The van der Waals surface area contributed by atoms with Crippen LogP contribution in [0.3, 0.4) is 0 Å². The minimum absolute atomic E-state index is 0.321. The standard InChI is InChI=1S/C12H9FIN3/c1-2-16-11-7(5-15)6-17-12-9(11)3-8(13)4-10(12)14/h3-4,6H,2H2,1H3,(H,16,17). The van der Waals surface area contributed by atoms with Gasteiger partial charge >= 0.3 is 0 Å². The number of halogens is 2. The molecule has 86 valence electrons. The molecule has 5 heteroatoms. The maximum absolute atomic E-state index is 13.4. The molecule has 0 bridgehead atoms. The van der Waals surface area contributed by atoms with Crippen molar-refractivity contribution in [2.75, 3.05) is 11.9 Å². The van der Waals surface area contributed by atoms with Gasteiger partial charge in [0, 0.05) is 21.7 Å². The summed E-state index contributed by atoms with van der Waals surface area (Å²) in [6.45, 7) is 2.60. The first kappa shape index (κ1) is 12.0. The third-order valence-corrected chi connectivity index (χ3v) is 3.19. The van der Waals surface area contributed by atoms with Gasteiger partial charge in [0.1, 0.15) is 11.9 Å². The molecule has 0 radical (unpaired) electrons. The van der Waals surface area contributed by atoms with Crippen LogP contribution in [0.1, 0.15) is 12.5 Å². The molecule has 3 nitrogen and oxygen atoms in total. The Morgan fingerprint density at radius 1 is 1.53 bits per heavy atom. The van der Waals surface area contributed by atoms with Gasteiger partial charge in [-0.3, -0.25) is 4.98 Å². The molecule has 0 fully saturated rings. The molecule has 0 spiro atoms. The van der Waals surface area contributed by atoms with Crippen LogP contribution < -0.4 is 5.32 Å². The zero-order valence-electron chi connectivity index (χ0n) is 9.09. The molecular weight excluding hydrogens is 332 g/mol. The summed E-state index contributed by atoms with van der Waals surface area (Å²) in [5.74, 6) is -0.321. The number of nitrogens with zero attached hydrogens (tertiary/aromatic N) is 2. The average Bonchev–Trinajstić information content (AvgIpc) is 2.30. The molecule has 0 saturated heterocycles. The van der Waals surface area contributed by atoms with Gasteiger partial charge in [-0.15, -0.1) is 0 Å². The third-order valence-electron chi connectivity index (χ3n) is 2.36. The van der Waals surface area contributed by atoms with E-state index in [2.05, 4.69) is 16.4 Å². The number of fused-ring (bicyclic) bond motifs is 1. The van der Waals surface area contributed by atoms with Crippen LogP contribution in [-0.2, 0) is 0 Å². The van der Waals surface area contributed by atoms with Crippen molar-refractivity contribution in [1.82, 2.24) is 4.98 Å². The van der Waals surface area contributed by atoms with Crippen LogP contribution in [0.2, 0.25) is 0 Å². The van der Waals surface area contributed by atoms with Gasteiger partial charge in [0.15, 0.2) is 0 Å². The second kappa shape index (κ2) is 4.84. The second-order valence-electron chi connectivity index (χ2n) is 3.47. The number of pyridine rings is 1. The van der Waals surface area contributed by atoms with Crippen molar-refractivity contribution in [3.8, 4) is 6.07 Å². The van der Waals surface area contributed by atoms with Crippen LogP contribution in [0.15, 0.2) is 18.3 Å². The molecule has 0 saturated carbocycles. The highest BCUT2D eigenvalue weighted by Gasteiger charge is 2.11. The van der Waals surface area contributed by atoms with Crippen molar-refractivity contribution in [1.29, 1.82) is 5.26 Å². The van der Waals surface area contributed by atoms with Crippen LogP contribution in [-0.4, -0.2) is 11.5 Å². The molecule has 1 aromatic carbocycles.